The van der Waals surface area contributed by atoms with E-state index in [1.807, 2.05) is 23.9 Å². The molecule has 7 nitrogen and oxygen atoms in total. The lowest BCUT2D eigenvalue weighted by atomic mass is 9.92. The van der Waals surface area contributed by atoms with Gasteiger partial charge in [-0.15, -0.1) is 0 Å². The van der Waals surface area contributed by atoms with Gasteiger partial charge in [0.2, 0.25) is 5.91 Å². The lowest BCUT2D eigenvalue weighted by Gasteiger charge is -2.34. The molecule has 1 aliphatic carbocycles. The summed E-state index contributed by atoms with van der Waals surface area (Å²) in [6.07, 6.45) is 7.38. The molecule has 2 aliphatic rings. The second-order valence-corrected chi connectivity index (χ2v) is 6.34. The van der Waals surface area contributed by atoms with Gasteiger partial charge in [-0.3, -0.25) is 9.78 Å². The van der Waals surface area contributed by atoms with Gasteiger partial charge in [-0.25, -0.2) is 4.79 Å². The van der Waals surface area contributed by atoms with Gasteiger partial charge in [0.1, 0.15) is 6.04 Å². The first-order chi connectivity index (χ1) is 11.1. The molecule has 1 aromatic rings. The minimum Gasteiger partial charge on any atom is -0.375 e. The molecule has 0 aromatic carbocycles. The van der Waals surface area contributed by atoms with E-state index in [2.05, 4.69) is 15.6 Å². The van der Waals surface area contributed by atoms with Crippen molar-refractivity contribution in [3.05, 3.63) is 18.5 Å². The van der Waals surface area contributed by atoms with Crippen LogP contribution < -0.4 is 15.5 Å². The molecule has 0 unspecified atom stereocenters. The third-order valence-corrected chi connectivity index (χ3v) is 4.59. The van der Waals surface area contributed by atoms with E-state index in [1.165, 1.54) is 6.42 Å². The van der Waals surface area contributed by atoms with Crippen LogP contribution in [0.3, 0.4) is 0 Å². The number of amides is 3. The van der Waals surface area contributed by atoms with E-state index in [4.69, 9.17) is 0 Å². The maximum Gasteiger partial charge on any atom is 0.319 e. The van der Waals surface area contributed by atoms with Crippen LogP contribution in [0.4, 0.5) is 16.2 Å². The average molecular weight is 317 g/mol. The molecule has 7 heteroatoms. The Morgan fingerprint density at radius 3 is 2.78 bits per heavy atom. The molecular formula is C16H23N5O2. The van der Waals surface area contributed by atoms with E-state index < -0.39 is 6.04 Å². The van der Waals surface area contributed by atoms with E-state index in [0.29, 0.717) is 18.2 Å². The van der Waals surface area contributed by atoms with Gasteiger partial charge < -0.3 is 20.4 Å². The summed E-state index contributed by atoms with van der Waals surface area (Å²) in [4.78, 5) is 32.4. The largest absolute Gasteiger partial charge is 0.375 e. The number of likely N-dealkylation sites (tertiary alicyclic amines) is 1. The summed E-state index contributed by atoms with van der Waals surface area (Å²) < 4.78 is 0. The highest BCUT2D eigenvalue weighted by Gasteiger charge is 2.38. The van der Waals surface area contributed by atoms with Gasteiger partial charge >= 0.3 is 6.03 Å². The minimum absolute atomic E-state index is 0.0485. The van der Waals surface area contributed by atoms with Gasteiger partial charge in [-0.1, -0.05) is 0 Å². The van der Waals surface area contributed by atoms with Crippen LogP contribution in [0.25, 0.3) is 0 Å². The molecule has 1 aromatic heterocycles. The van der Waals surface area contributed by atoms with Crippen molar-refractivity contribution < 1.29 is 9.59 Å². The monoisotopic (exact) mass is 317 g/mol. The molecule has 3 rings (SSSR count). The van der Waals surface area contributed by atoms with Crippen molar-refractivity contribution >= 4 is 23.3 Å². The predicted octanol–water partition coefficient (Wildman–Crippen LogP) is 1.42. The fourth-order valence-corrected chi connectivity index (χ4v) is 3.06. The number of urea groups is 1. The number of nitrogens with one attached hydrogen (secondary N) is 2. The molecule has 1 atom stereocenters. The Morgan fingerprint density at radius 1 is 1.35 bits per heavy atom. The third-order valence-electron chi connectivity index (χ3n) is 4.59. The summed E-state index contributed by atoms with van der Waals surface area (Å²) >= 11 is 0. The highest BCUT2D eigenvalue weighted by molar-refractivity contribution is 5.96. The van der Waals surface area contributed by atoms with Gasteiger partial charge in [0.25, 0.3) is 0 Å². The van der Waals surface area contributed by atoms with Crippen molar-refractivity contribution in [1.29, 1.82) is 0 Å². The zero-order valence-corrected chi connectivity index (χ0v) is 13.6. The van der Waals surface area contributed by atoms with E-state index in [-0.39, 0.29) is 11.9 Å². The van der Waals surface area contributed by atoms with E-state index >= 15 is 0 Å². The summed E-state index contributed by atoms with van der Waals surface area (Å²) in [5.41, 5.74) is 1.49. The van der Waals surface area contributed by atoms with Crippen LogP contribution in [0.1, 0.15) is 25.7 Å². The molecule has 1 saturated heterocycles. The van der Waals surface area contributed by atoms with Gasteiger partial charge in [0.05, 0.1) is 17.6 Å². The second kappa shape index (κ2) is 6.44. The first-order valence-corrected chi connectivity index (χ1v) is 8.05. The Bertz CT molecular complexity index is 600. The summed E-state index contributed by atoms with van der Waals surface area (Å²) in [5.74, 6) is 0.0485. The van der Waals surface area contributed by atoms with E-state index in [1.54, 1.807) is 18.5 Å². The van der Waals surface area contributed by atoms with Crippen LogP contribution in [0.5, 0.6) is 0 Å². The van der Waals surface area contributed by atoms with E-state index in [0.717, 1.165) is 25.1 Å². The van der Waals surface area contributed by atoms with Crippen molar-refractivity contribution in [2.75, 3.05) is 30.9 Å². The molecule has 0 radical (unpaired) electrons. The number of carbonyl (C=O) groups is 2. The molecule has 2 heterocycles. The van der Waals surface area contributed by atoms with Crippen LogP contribution in [0, 0.1) is 0 Å². The standard InChI is InChI=1S/C16H23N5O2/c1-20(2)14-10-17-8-6-12(14)18-16(23)19-13-7-9-21(15(13)22)11-4-3-5-11/h6,8,10-11,13H,3-5,7,9H2,1-2H3,(H2,17,18,19,23)/t13-/m0/s1. The number of rotatable bonds is 4. The summed E-state index contributed by atoms with van der Waals surface area (Å²) in [6, 6.07) is 1.36. The van der Waals surface area contributed by atoms with Crippen LogP contribution in [0.15, 0.2) is 18.5 Å². The highest BCUT2D eigenvalue weighted by atomic mass is 16.2. The van der Waals surface area contributed by atoms with Crippen LogP contribution in [0.2, 0.25) is 0 Å². The third kappa shape index (κ3) is 3.23. The minimum atomic E-state index is -0.416. The Morgan fingerprint density at radius 2 is 2.13 bits per heavy atom. The molecule has 124 valence electrons. The maximum atomic E-state index is 12.4. The van der Waals surface area contributed by atoms with E-state index in [9.17, 15) is 9.59 Å². The molecule has 23 heavy (non-hydrogen) atoms. The molecule has 0 bridgehead atoms. The van der Waals surface area contributed by atoms with Gasteiger partial charge in [0.15, 0.2) is 0 Å². The highest BCUT2D eigenvalue weighted by Crippen LogP contribution is 2.28. The van der Waals surface area contributed by atoms with Crippen molar-refractivity contribution in [3.8, 4) is 0 Å². The molecule has 1 saturated carbocycles. The zero-order chi connectivity index (χ0) is 16.4. The Kier molecular flexibility index (Phi) is 4.36. The summed E-state index contributed by atoms with van der Waals surface area (Å²) in [6.45, 7) is 0.743. The number of anilines is 2. The molecule has 2 N–H and O–H groups in total. The maximum absolute atomic E-state index is 12.4. The smallest absolute Gasteiger partial charge is 0.319 e. The molecular weight excluding hydrogens is 294 g/mol. The van der Waals surface area contributed by atoms with Gasteiger partial charge in [0, 0.05) is 32.9 Å². The average Bonchev–Trinajstić information content (AvgIpc) is 2.79. The SMILES string of the molecule is CN(C)c1cnccc1NC(=O)N[C@H]1CCN(C2CCC2)C1=O. The summed E-state index contributed by atoms with van der Waals surface area (Å²) in [7, 11) is 3.77. The summed E-state index contributed by atoms with van der Waals surface area (Å²) in [5, 5.41) is 5.61. The van der Waals surface area contributed by atoms with Crippen LogP contribution >= 0.6 is 0 Å². The number of hydrogen-bond acceptors (Lipinski definition) is 4. The normalized spacial score (nSPS) is 21.0. The first kappa shape index (κ1) is 15.6. The molecule has 0 spiro atoms. The predicted molar refractivity (Wildman–Crippen MR) is 88.5 cm³/mol. The van der Waals surface area contributed by atoms with Gasteiger partial charge in [-0.05, 0) is 31.7 Å². The lowest BCUT2D eigenvalue weighted by Crippen LogP contribution is -2.47. The topological polar surface area (TPSA) is 77.6 Å². The van der Waals surface area contributed by atoms with Crippen molar-refractivity contribution in [3.63, 3.8) is 0 Å². The number of hydrogen-bond donors (Lipinski definition) is 2. The zero-order valence-electron chi connectivity index (χ0n) is 13.6. The number of carbonyl (C=O) groups excluding carboxylic acids is 2. The van der Waals surface area contributed by atoms with Crippen molar-refractivity contribution in [1.82, 2.24) is 15.2 Å². The number of nitrogens with zero attached hydrogens (tertiary/aromatic N) is 3. The lowest BCUT2D eigenvalue weighted by molar-refractivity contribution is -0.132. The molecule has 1 aliphatic heterocycles. The number of aromatic nitrogens is 1. The quantitative estimate of drug-likeness (QED) is 0.880. The molecule has 3 amide bonds. The Balaban J connectivity index is 1.59. The van der Waals surface area contributed by atoms with Gasteiger partial charge in [-0.2, -0.15) is 0 Å². The Labute approximate surface area is 136 Å². The number of pyridine rings is 1. The van der Waals surface area contributed by atoms with Crippen LogP contribution in [-0.4, -0.2) is 54.5 Å². The van der Waals surface area contributed by atoms with Crippen LogP contribution in [-0.2, 0) is 4.79 Å². The Hall–Kier alpha value is -2.31. The molecule has 2 fully saturated rings. The first-order valence-electron chi connectivity index (χ1n) is 8.05. The van der Waals surface area contributed by atoms with Crippen molar-refractivity contribution in [2.24, 2.45) is 0 Å². The van der Waals surface area contributed by atoms with Crippen molar-refractivity contribution in [2.45, 2.75) is 37.8 Å². The fraction of sp³-hybridized carbons (Fsp3) is 0.562. The second-order valence-electron chi connectivity index (χ2n) is 6.34. The fourth-order valence-electron chi connectivity index (χ4n) is 3.06.